The van der Waals surface area contributed by atoms with Gasteiger partial charge in [0.2, 0.25) is 0 Å². The van der Waals surface area contributed by atoms with Gasteiger partial charge in [-0.1, -0.05) is 12.1 Å². The molecule has 1 aliphatic heterocycles. The van der Waals surface area contributed by atoms with Crippen LogP contribution in [0.5, 0.6) is 5.75 Å². The zero-order valence-corrected chi connectivity index (χ0v) is 12.1. The SMILES string of the molecule is COC(=O)CCc1ccc(OCC2CCNCC2)cc1. The third kappa shape index (κ3) is 4.85. The van der Waals surface area contributed by atoms with Gasteiger partial charge in [-0.05, 0) is 56.0 Å². The Bertz CT molecular complexity index is 410. The number of carbonyl (C=O) groups is 1. The first kappa shape index (κ1) is 14.9. The number of piperidine rings is 1. The van der Waals surface area contributed by atoms with E-state index in [-0.39, 0.29) is 5.97 Å². The molecule has 0 radical (unpaired) electrons. The number of aryl methyl sites for hydroxylation is 1. The van der Waals surface area contributed by atoms with E-state index < -0.39 is 0 Å². The monoisotopic (exact) mass is 277 g/mol. The van der Waals surface area contributed by atoms with Gasteiger partial charge < -0.3 is 14.8 Å². The van der Waals surface area contributed by atoms with Crippen molar-refractivity contribution in [2.75, 3.05) is 26.8 Å². The van der Waals surface area contributed by atoms with Gasteiger partial charge in [0, 0.05) is 6.42 Å². The van der Waals surface area contributed by atoms with Crippen LogP contribution in [-0.2, 0) is 16.0 Å². The van der Waals surface area contributed by atoms with Gasteiger partial charge in [-0.15, -0.1) is 0 Å². The lowest BCUT2D eigenvalue weighted by Gasteiger charge is -2.22. The number of hydrogen-bond donors (Lipinski definition) is 1. The highest BCUT2D eigenvalue weighted by Gasteiger charge is 2.13. The molecule has 0 aromatic heterocycles. The maximum Gasteiger partial charge on any atom is 0.305 e. The summed E-state index contributed by atoms with van der Waals surface area (Å²) in [7, 11) is 1.42. The van der Waals surface area contributed by atoms with Gasteiger partial charge in [0.15, 0.2) is 0 Å². The van der Waals surface area contributed by atoms with Crippen LogP contribution >= 0.6 is 0 Å². The van der Waals surface area contributed by atoms with Crippen molar-refractivity contribution in [3.8, 4) is 5.75 Å². The minimum atomic E-state index is -0.170. The fourth-order valence-electron chi connectivity index (χ4n) is 2.36. The molecule has 0 atom stereocenters. The third-order valence-corrected chi connectivity index (χ3v) is 3.71. The Morgan fingerprint density at radius 3 is 2.60 bits per heavy atom. The lowest BCUT2D eigenvalue weighted by Crippen LogP contribution is -2.30. The van der Waals surface area contributed by atoms with E-state index in [0.29, 0.717) is 18.8 Å². The van der Waals surface area contributed by atoms with Crippen LogP contribution in [0.2, 0.25) is 0 Å². The largest absolute Gasteiger partial charge is 0.493 e. The molecule has 1 N–H and O–H groups in total. The molecule has 1 fully saturated rings. The van der Waals surface area contributed by atoms with E-state index in [0.717, 1.165) is 31.0 Å². The minimum absolute atomic E-state index is 0.170. The molecule has 1 aromatic carbocycles. The molecular weight excluding hydrogens is 254 g/mol. The fourth-order valence-corrected chi connectivity index (χ4v) is 2.36. The highest BCUT2D eigenvalue weighted by atomic mass is 16.5. The molecule has 20 heavy (non-hydrogen) atoms. The van der Waals surface area contributed by atoms with Gasteiger partial charge in [-0.3, -0.25) is 4.79 Å². The van der Waals surface area contributed by atoms with Gasteiger partial charge >= 0.3 is 5.97 Å². The zero-order chi connectivity index (χ0) is 14.2. The average molecular weight is 277 g/mol. The number of ether oxygens (including phenoxy) is 2. The third-order valence-electron chi connectivity index (χ3n) is 3.71. The average Bonchev–Trinajstić information content (AvgIpc) is 2.52. The van der Waals surface area contributed by atoms with Crippen molar-refractivity contribution in [2.45, 2.75) is 25.7 Å². The number of nitrogens with one attached hydrogen (secondary N) is 1. The second-order valence-electron chi connectivity index (χ2n) is 5.22. The molecule has 1 aliphatic rings. The van der Waals surface area contributed by atoms with Gasteiger partial charge in [-0.25, -0.2) is 0 Å². The van der Waals surface area contributed by atoms with Crippen molar-refractivity contribution in [1.82, 2.24) is 5.32 Å². The molecule has 0 aliphatic carbocycles. The van der Waals surface area contributed by atoms with Crippen molar-refractivity contribution < 1.29 is 14.3 Å². The summed E-state index contributed by atoms with van der Waals surface area (Å²) in [6.45, 7) is 2.99. The van der Waals surface area contributed by atoms with E-state index in [4.69, 9.17) is 4.74 Å². The molecule has 1 saturated heterocycles. The van der Waals surface area contributed by atoms with Gasteiger partial charge in [0.05, 0.1) is 13.7 Å². The van der Waals surface area contributed by atoms with Crippen molar-refractivity contribution >= 4 is 5.97 Å². The predicted octanol–water partition coefficient (Wildman–Crippen LogP) is 2.17. The lowest BCUT2D eigenvalue weighted by atomic mass is 9.99. The Hall–Kier alpha value is -1.55. The molecule has 110 valence electrons. The van der Waals surface area contributed by atoms with Crippen LogP contribution < -0.4 is 10.1 Å². The van der Waals surface area contributed by atoms with Gasteiger partial charge in [-0.2, -0.15) is 0 Å². The second kappa shape index (κ2) is 7.90. The molecule has 0 amide bonds. The van der Waals surface area contributed by atoms with Crippen LogP contribution in [0.1, 0.15) is 24.8 Å². The molecule has 4 nitrogen and oxygen atoms in total. The van der Waals surface area contributed by atoms with Crippen molar-refractivity contribution in [1.29, 1.82) is 0 Å². The summed E-state index contributed by atoms with van der Waals surface area (Å²) in [5.41, 5.74) is 1.13. The highest BCUT2D eigenvalue weighted by molar-refractivity contribution is 5.69. The second-order valence-corrected chi connectivity index (χ2v) is 5.22. The van der Waals surface area contributed by atoms with Gasteiger partial charge in [0.1, 0.15) is 5.75 Å². The number of rotatable bonds is 6. The summed E-state index contributed by atoms with van der Waals surface area (Å²) < 4.78 is 10.5. The van der Waals surface area contributed by atoms with Crippen molar-refractivity contribution in [3.63, 3.8) is 0 Å². The summed E-state index contributed by atoms with van der Waals surface area (Å²) in [6.07, 6.45) is 3.52. The van der Waals surface area contributed by atoms with E-state index in [1.54, 1.807) is 0 Å². The lowest BCUT2D eigenvalue weighted by molar-refractivity contribution is -0.140. The number of hydrogen-bond acceptors (Lipinski definition) is 4. The normalized spacial score (nSPS) is 15.8. The number of benzene rings is 1. The molecule has 0 spiro atoms. The van der Waals surface area contributed by atoms with E-state index in [1.807, 2.05) is 24.3 Å². The smallest absolute Gasteiger partial charge is 0.305 e. The quantitative estimate of drug-likeness (QED) is 0.810. The van der Waals surface area contributed by atoms with Crippen LogP contribution in [0.4, 0.5) is 0 Å². The van der Waals surface area contributed by atoms with Crippen molar-refractivity contribution in [2.24, 2.45) is 5.92 Å². The number of esters is 1. The van der Waals surface area contributed by atoms with E-state index in [9.17, 15) is 4.79 Å². The first-order chi connectivity index (χ1) is 9.78. The first-order valence-corrected chi connectivity index (χ1v) is 7.27. The summed E-state index contributed by atoms with van der Waals surface area (Å²) >= 11 is 0. The maximum atomic E-state index is 11.1. The first-order valence-electron chi connectivity index (χ1n) is 7.27. The summed E-state index contributed by atoms with van der Waals surface area (Å²) in [5.74, 6) is 1.40. The van der Waals surface area contributed by atoms with E-state index in [1.165, 1.54) is 20.0 Å². The Morgan fingerprint density at radius 1 is 1.25 bits per heavy atom. The Morgan fingerprint density at radius 2 is 1.95 bits per heavy atom. The van der Waals surface area contributed by atoms with Gasteiger partial charge in [0.25, 0.3) is 0 Å². The van der Waals surface area contributed by atoms with Crippen LogP contribution in [0, 0.1) is 5.92 Å². The topological polar surface area (TPSA) is 47.6 Å². The summed E-state index contributed by atoms with van der Waals surface area (Å²) in [5, 5.41) is 3.35. The minimum Gasteiger partial charge on any atom is -0.493 e. The number of carbonyl (C=O) groups excluding carboxylic acids is 1. The maximum absolute atomic E-state index is 11.1. The number of methoxy groups -OCH3 is 1. The Labute approximate surface area is 120 Å². The summed E-state index contributed by atoms with van der Waals surface area (Å²) in [6, 6.07) is 7.99. The predicted molar refractivity (Wildman–Crippen MR) is 77.9 cm³/mol. The van der Waals surface area contributed by atoms with Crippen LogP contribution in [0.15, 0.2) is 24.3 Å². The molecular formula is C16H23NO3. The molecule has 1 heterocycles. The molecule has 4 heteroatoms. The van der Waals surface area contributed by atoms with Crippen LogP contribution in [-0.4, -0.2) is 32.8 Å². The van der Waals surface area contributed by atoms with E-state index >= 15 is 0 Å². The Balaban J connectivity index is 1.74. The zero-order valence-electron chi connectivity index (χ0n) is 12.1. The standard InChI is InChI=1S/C16H23NO3/c1-19-16(18)7-4-13-2-5-15(6-3-13)20-12-14-8-10-17-11-9-14/h2-3,5-6,14,17H,4,7-12H2,1H3. The highest BCUT2D eigenvalue weighted by Crippen LogP contribution is 2.17. The molecule has 2 rings (SSSR count). The van der Waals surface area contributed by atoms with Crippen molar-refractivity contribution in [3.05, 3.63) is 29.8 Å². The van der Waals surface area contributed by atoms with E-state index in [2.05, 4.69) is 10.1 Å². The molecule has 0 bridgehead atoms. The molecule has 1 aromatic rings. The van der Waals surface area contributed by atoms with Crippen LogP contribution in [0.3, 0.4) is 0 Å². The molecule has 0 saturated carbocycles. The Kier molecular flexibility index (Phi) is 5.87. The molecule has 0 unspecified atom stereocenters. The van der Waals surface area contributed by atoms with Crippen LogP contribution in [0.25, 0.3) is 0 Å². The fraction of sp³-hybridized carbons (Fsp3) is 0.562. The summed E-state index contributed by atoms with van der Waals surface area (Å²) in [4.78, 5) is 11.1.